The van der Waals surface area contributed by atoms with E-state index in [4.69, 9.17) is 5.73 Å². The van der Waals surface area contributed by atoms with Crippen LogP contribution >= 0.6 is 11.8 Å². The number of thioether (sulfide) groups is 1. The van der Waals surface area contributed by atoms with Gasteiger partial charge in [-0.25, -0.2) is 4.68 Å². The van der Waals surface area contributed by atoms with Gasteiger partial charge in [0, 0.05) is 13.1 Å². The number of hydrogen-bond acceptors (Lipinski definition) is 6. The van der Waals surface area contributed by atoms with Crippen LogP contribution in [0.15, 0.2) is 24.3 Å². The highest BCUT2D eigenvalue weighted by atomic mass is 32.2. The maximum absolute atomic E-state index is 5.73. The number of nitrogens with one attached hydrogen (secondary N) is 1. The Balaban J connectivity index is 2.15. The van der Waals surface area contributed by atoms with Gasteiger partial charge in [0.1, 0.15) is 0 Å². The Kier molecular flexibility index (Phi) is 6.77. The van der Waals surface area contributed by atoms with Gasteiger partial charge in [0.05, 0.1) is 11.6 Å². The average Bonchev–Trinajstić information content (AvgIpc) is 3.05. The van der Waals surface area contributed by atoms with Gasteiger partial charge < -0.3 is 11.1 Å². The predicted octanol–water partition coefficient (Wildman–Crippen LogP) is 2.47. The zero-order valence-corrected chi connectivity index (χ0v) is 15.8. The third-order valence-corrected chi connectivity index (χ3v) is 4.47. The third kappa shape index (κ3) is 5.03. The summed E-state index contributed by atoms with van der Waals surface area (Å²) in [6, 6.07) is 8.48. The molecular weight excluding hydrogens is 320 g/mol. The molecule has 132 valence electrons. The van der Waals surface area contributed by atoms with Crippen molar-refractivity contribution < 1.29 is 0 Å². The van der Waals surface area contributed by atoms with Gasteiger partial charge in [-0.3, -0.25) is 0 Å². The van der Waals surface area contributed by atoms with E-state index in [0.29, 0.717) is 6.54 Å². The van der Waals surface area contributed by atoms with E-state index in [1.54, 1.807) is 0 Å². The standard InChI is InChI=1S/C17H28N6S/c1-17(2,3)23-16(20-21-22-23)15(8-9-24-4)19-12-14-7-5-6-13(10-14)11-18/h5-7,10,15,19H,8-9,11-12,18H2,1-4H3. The summed E-state index contributed by atoms with van der Waals surface area (Å²) < 4.78 is 1.92. The highest BCUT2D eigenvalue weighted by Gasteiger charge is 2.25. The number of rotatable bonds is 8. The lowest BCUT2D eigenvalue weighted by Crippen LogP contribution is -2.31. The van der Waals surface area contributed by atoms with Crippen LogP contribution in [0.25, 0.3) is 0 Å². The number of nitrogens with two attached hydrogens (primary N) is 1. The van der Waals surface area contributed by atoms with Crippen molar-refractivity contribution in [1.29, 1.82) is 0 Å². The summed E-state index contributed by atoms with van der Waals surface area (Å²) in [5.74, 6) is 1.95. The minimum Gasteiger partial charge on any atom is -0.326 e. The number of hydrogen-bond donors (Lipinski definition) is 2. The van der Waals surface area contributed by atoms with E-state index >= 15 is 0 Å². The first-order chi connectivity index (χ1) is 11.5. The number of nitrogens with zero attached hydrogens (tertiary/aromatic N) is 4. The van der Waals surface area contributed by atoms with Crippen molar-refractivity contribution in [3.05, 3.63) is 41.2 Å². The van der Waals surface area contributed by atoms with E-state index in [1.165, 1.54) is 5.56 Å². The smallest absolute Gasteiger partial charge is 0.168 e. The molecule has 3 N–H and O–H groups in total. The molecule has 0 aliphatic heterocycles. The van der Waals surface area contributed by atoms with E-state index in [2.05, 4.69) is 72.1 Å². The first kappa shape index (κ1) is 18.9. The Hall–Kier alpha value is -1.44. The molecule has 1 atom stereocenters. The van der Waals surface area contributed by atoms with Gasteiger partial charge in [-0.1, -0.05) is 24.3 Å². The summed E-state index contributed by atoms with van der Waals surface area (Å²) in [6.07, 6.45) is 3.10. The maximum atomic E-state index is 5.73. The van der Waals surface area contributed by atoms with Gasteiger partial charge in [0.2, 0.25) is 0 Å². The molecule has 0 amide bonds. The average molecular weight is 349 g/mol. The molecule has 0 fully saturated rings. The Labute approximate surface area is 148 Å². The van der Waals surface area contributed by atoms with Crippen molar-refractivity contribution in [1.82, 2.24) is 25.5 Å². The summed E-state index contributed by atoms with van der Waals surface area (Å²) in [7, 11) is 0. The molecule has 0 bridgehead atoms. The summed E-state index contributed by atoms with van der Waals surface area (Å²) in [5, 5.41) is 16.0. The fourth-order valence-electron chi connectivity index (χ4n) is 2.55. The molecule has 0 aliphatic carbocycles. The second-order valence-electron chi connectivity index (χ2n) is 6.86. The summed E-state index contributed by atoms with van der Waals surface area (Å²) >= 11 is 1.83. The summed E-state index contributed by atoms with van der Waals surface area (Å²) in [4.78, 5) is 0. The molecule has 0 saturated carbocycles. The Bertz CT molecular complexity index is 634. The van der Waals surface area contributed by atoms with Gasteiger partial charge in [-0.05, 0) is 60.8 Å². The minimum atomic E-state index is -0.141. The molecule has 0 aliphatic rings. The highest BCUT2D eigenvalue weighted by molar-refractivity contribution is 7.98. The van der Waals surface area contributed by atoms with E-state index in [0.717, 1.165) is 30.1 Å². The van der Waals surface area contributed by atoms with E-state index in [-0.39, 0.29) is 11.6 Å². The van der Waals surface area contributed by atoms with Gasteiger partial charge in [0.25, 0.3) is 0 Å². The first-order valence-electron chi connectivity index (χ1n) is 8.24. The van der Waals surface area contributed by atoms with E-state index < -0.39 is 0 Å². The van der Waals surface area contributed by atoms with Crippen LogP contribution in [-0.2, 0) is 18.6 Å². The first-order valence-corrected chi connectivity index (χ1v) is 9.64. The molecule has 1 aromatic heterocycles. The van der Waals surface area contributed by atoms with Crippen LogP contribution in [0.2, 0.25) is 0 Å². The van der Waals surface area contributed by atoms with Crippen molar-refractivity contribution >= 4 is 11.8 Å². The summed E-state index contributed by atoms with van der Waals surface area (Å²) in [5.41, 5.74) is 7.96. The highest BCUT2D eigenvalue weighted by Crippen LogP contribution is 2.22. The Morgan fingerprint density at radius 3 is 2.71 bits per heavy atom. The van der Waals surface area contributed by atoms with Crippen LogP contribution in [-0.4, -0.2) is 32.2 Å². The number of benzene rings is 1. The van der Waals surface area contributed by atoms with Crippen molar-refractivity contribution in [3.8, 4) is 0 Å². The molecule has 1 aromatic carbocycles. The molecule has 0 radical (unpaired) electrons. The van der Waals surface area contributed by atoms with Crippen LogP contribution < -0.4 is 11.1 Å². The molecular formula is C17H28N6S. The number of aromatic nitrogens is 4. The fraction of sp³-hybridized carbons (Fsp3) is 0.588. The lowest BCUT2D eigenvalue weighted by Gasteiger charge is -2.24. The fourth-order valence-corrected chi connectivity index (χ4v) is 3.03. The summed E-state index contributed by atoms with van der Waals surface area (Å²) in [6.45, 7) is 7.67. The van der Waals surface area contributed by atoms with Gasteiger partial charge in [-0.2, -0.15) is 11.8 Å². The lowest BCUT2D eigenvalue weighted by molar-refractivity contribution is 0.316. The molecule has 6 nitrogen and oxygen atoms in total. The quantitative estimate of drug-likeness (QED) is 0.763. The SMILES string of the molecule is CSCCC(NCc1cccc(CN)c1)c1nnnn1C(C)(C)C. The Morgan fingerprint density at radius 2 is 2.04 bits per heavy atom. The van der Waals surface area contributed by atoms with Gasteiger partial charge in [-0.15, -0.1) is 5.10 Å². The maximum Gasteiger partial charge on any atom is 0.168 e. The molecule has 0 saturated heterocycles. The van der Waals surface area contributed by atoms with Gasteiger partial charge >= 0.3 is 0 Å². The normalized spacial score (nSPS) is 13.2. The van der Waals surface area contributed by atoms with Crippen LogP contribution in [0.4, 0.5) is 0 Å². The molecule has 7 heteroatoms. The lowest BCUT2D eigenvalue weighted by atomic mass is 10.1. The molecule has 24 heavy (non-hydrogen) atoms. The van der Waals surface area contributed by atoms with Crippen LogP contribution in [0.3, 0.4) is 0 Å². The third-order valence-electron chi connectivity index (χ3n) is 3.83. The monoisotopic (exact) mass is 348 g/mol. The molecule has 1 heterocycles. The van der Waals surface area contributed by atoms with Gasteiger partial charge in [0.15, 0.2) is 5.82 Å². The van der Waals surface area contributed by atoms with Crippen LogP contribution in [0.5, 0.6) is 0 Å². The van der Waals surface area contributed by atoms with Crippen molar-refractivity contribution in [3.63, 3.8) is 0 Å². The molecule has 1 unspecified atom stereocenters. The van der Waals surface area contributed by atoms with E-state index in [1.807, 2.05) is 16.4 Å². The zero-order valence-electron chi connectivity index (χ0n) is 15.0. The van der Waals surface area contributed by atoms with Crippen molar-refractivity contribution in [2.24, 2.45) is 5.73 Å². The predicted molar refractivity (Wildman–Crippen MR) is 99.7 cm³/mol. The molecule has 2 aromatic rings. The number of tetrazole rings is 1. The minimum absolute atomic E-state index is 0.119. The largest absolute Gasteiger partial charge is 0.326 e. The molecule has 2 rings (SSSR count). The molecule has 0 spiro atoms. The second kappa shape index (κ2) is 8.60. The zero-order chi connectivity index (χ0) is 17.6. The Morgan fingerprint density at radius 1 is 1.29 bits per heavy atom. The van der Waals surface area contributed by atoms with Crippen molar-refractivity contribution in [2.75, 3.05) is 12.0 Å². The van der Waals surface area contributed by atoms with Crippen LogP contribution in [0, 0.1) is 0 Å². The second-order valence-corrected chi connectivity index (χ2v) is 7.84. The van der Waals surface area contributed by atoms with E-state index in [9.17, 15) is 0 Å². The van der Waals surface area contributed by atoms with Crippen LogP contribution in [0.1, 0.15) is 50.2 Å². The van der Waals surface area contributed by atoms with Crippen molar-refractivity contribution in [2.45, 2.75) is 51.9 Å². The topological polar surface area (TPSA) is 81.7 Å².